The molecular weight excluding hydrogens is 255 g/mol. The highest BCUT2D eigenvalue weighted by molar-refractivity contribution is 6.30. The topological polar surface area (TPSA) is 47.0 Å². The minimum Gasteiger partial charge on any atom is -1.00 e. The van der Waals surface area contributed by atoms with Gasteiger partial charge in [-0.2, -0.15) is 4.57 Å². The number of amides is 1. The molecule has 0 aliphatic rings. The summed E-state index contributed by atoms with van der Waals surface area (Å²) in [7, 11) is 0. The molecule has 0 atom stereocenters. The first-order valence-corrected chi connectivity index (χ1v) is 5.56. The third-order valence-corrected chi connectivity index (χ3v) is 2.67. The number of aromatic nitrogens is 1. The molecule has 0 saturated carbocycles. The van der Waals surface area contributed by atoms with Gasteiger partial charge in [0.25, 0.3) is 5.91 Å². The molecule has 0 unspecified atom stereocenters. The largest absolute Gasteiger partial charge is 1.00 e. The molecule has 1 aromatic heterocycles. The number of benzene rings is 1. The lowest BCUT2D eigenvalue weighted by Gasteiger charge is -1.99. The first kappa shape index (κ1) is 14.1. The van der Waals surface area contributed by atoms with Gasteiger partial charge in [-0.1, -0.05) is 23.7 Å². The molecule has 0 spiro atoms. The van der Waals surface area contributed by atoms with Crippen LogP contribution >= 0.6 is 11.6 Å². The Kier molecular flexibility index (Phi) is 4.80. The van der Waals surface area contributed by atoms with Crippen LogP contribution in [0.5, 0.6) is 0 Å². The van der Waals surface area contributed by atoms with E-state index in [2.05, 4.69) is 0 Å². The Hall–Kier alpha value is -1.94. The van der Waals surface area contributed by atoms with Crippen molar-refractivity contribution in [1.29, 1.82) is 0 Å². The number of hydrogen-bond donors (Lipinski definition) is 1. The molecule has 0 aliphatic carbocycles. The molecule has 5 heteroatoms. The summed E-state index contributed by atoms with van der Waals surface area (Å²) in [6.07, 6.45) is 3.62. The van der Waals surface area contributed by atoms with E-state index in [1.54, 1.807) is 18.3 Å². The van der Waals surface area contributed by atoms with E-state index >= 15 is 0 Å². The van der Waals surface area contributed by atoms with Crippen LogP contribution in [0, 0.1) is 0 Å². The van der Waals surface area contributed by atoms with Gasteiger partial charge in [0, 0.05) is 16.7 Å². The maximum atomic E-state index is 11.0. The minimum atomic E-state index is -0.421. The molecule has 1 heterocycles. The zero-order valence-corrected chi connectivity index (χ0v) is 10.3. The van der Waals surface area contributed by atoms with E-state index in [4.69, 9.17) is 17.3 Å². The molecule has 1 amide bonds. The molecule has 2 rings (SSSR count). The molecule has 1 aromatic carbocycles. The van der Waals surface area contributed by atoms with Crippen molar-refractivity contribution < 1.29 is 14.1 Å². The SMILES string of the molecule is NC(=O)c1ccc[n+](Cc2ccc(Cl)cc2)c1.[F-]. The number of halogens is 2. The van der Waals surface area contributed by atoms with E-state index in [1.165, 1.54) is 0 Å². The van der Waals surface area contributed by atoms with E-state index in [1.807, 2.05) is 35.0 Å². The fourth-order valence-corrected chi connectivity index (χ4v) is 1.69. The molecule has 94 valence electrons. The summed E-state index contributed by atoms with van der Waals surface area (Å²) < 4.78 is 1.91. The summed E-state index contributed by atoms with van der Waals surface area (Å²) in [6.45, 7) is 0.679. The second-order valence-electron chi connectivity index (χ2n) is 3.76. The van der Waals surface area contributed by atoms with Crippen LogP contribution < -0.4 is 15.0 Å². The summed E-state index contributed by atoms with van der Waals surface area (Å²) in [5.74, 6) is -0.421. The zero-order chi connectivity index (χ0) is 12.3. The van der Waals surface area contributed by atoms with Gasteiger partial charge in [0.1, 0.15) is 5.56 Å². The first-order chi connectivity index (χ1) is 8.15. The third-order valence-electron chi connectivity index (χ3n) is 2.42. The number of nitrogens with two attached hydrogens (primary N) is 1. The standard InChI is InChI=1S/C13H11ClN2O.FH/c14-12-5-3-10(4-6-12)8-16-7-1-2-11(9-16)13(15)17;/h1-7,9H,8H2,(H-,15,17);1H. The smallest absolute Gasteiger partial charge is 0.254 e. The maximum Gasteiger partial charge on any atom is 0.254 e. The zero-order valence-electron chi connectivity index (χ0n) is 9.51. The van der Waals surface area contributed by atoms with Crippen molar-refractivity contribution in [3.8, 4) is 0 Å². The van der Waals surface area contributed by atoms with Crippen LogP contribution in [0.15, 0.2) is 48.8 Å². The van der Waals surface area contributed by atoms with Crippen molar-refractivity contribution in [2.45, 2.75) is 6.54 Å². The molecule has 0 radical (unpaired) electrons. The van der Waals surface area contributed by atoms with Crippen molar-refractivity contribution in [1.82, 2.24) is 0 Å². The van der Waals surface area contributed by atoms with Crippen LogP contribution in [-0.2, 0) is 6.54 Å². The molecule has 0 aliphatic heterocycles. The summed E-state index contributed by atoms with van der Waals surface area (Å²) in [4.78, 5) is 11.0. The summed E-state index contributed by atoms with van der Waals surface area (Å²) in [5, 5.41) is 0.713. The van der Waals surface area contributed by atoms with Gasteiger partial charge in [0.2, 0.25) is 0 Å². The lowest BCUT2D eigenvalue weighted by atomic mass is 10.2. The molecule has 18 heavy (non-hydrogen) atoms. The molecule has 3 nitrogen and oxygen atoms in total. The Balaban J connectivity index is 0.00000162. The number of pyridine rings is 1. The number of rotatable bonds is 3. The highest BCUT2D eigenvalue weighted by Gasteiger charge is 2.07. The molecule has 2 aromatic rings. The third kappa shape index (κ3) is 3.53. The quantitative estimate of drug-likeness (QED) is 0.696. The molecule has 0 saturated heterocycles. The highest BCUT2D eigenvalue weighted by Crippen LogP contribution is 2.09. The summed E-state index contributed by atoms with van der Waals surface area (Å²) in [5.41, 5.74) is 6.84. The first-order valence-electron chi connectivity index (χ1n) is 5.18. The fourth-order valence-electron chi connectivity index (χ4n) is 1.57. The normalized spacial score (nSPS) is 9.61. The van der Waals surface area contributed by atoms with E-state index < -0.39 is 5.91 Å². The summed E-state index contributed by atoms with van der Waals surface area (Å²) >= 11 is 5.81. The average molecular weight is 267 g/mol. The van der Waals surface area contributed by atoms with E-state index in [9.17, 15) is 4.79 Å². The molecule has 0 bridgehead atoms. The van der Waals surface area contributed by atoms with Gasteiger partial charge >= 0.3 is 0 Å². The van der Waals surface area contributed by atoms with Gasteiger partial charge in [-0.3, -0.25) is 4.79 Å². The van der Waals surface area contributed by atoms with Gasteiger partial charge in [-0.25, -0.2) is 0 Å². The van der Waals surface area contributed by atoms with Crippen molar-refractivity contribution >= 4 is 17.5 Å². The second kappa shape index (κ2) is 6.12. The van der Waals surface area contributed by atoms with Gasteiger partial charge in [0.05, 0.1) is 0 Å². The van der Waals surface area contributed by atoms with Crippen molar-refractivity contribution in [2.75, 3.05) is 0 Å². The molecule has 0 fully saturated rings. The van der Waals surface area contributed by atoms with Crippen LogP contribution in [0.1, 0.15) is 15.9 Å². The Morgan fingerprint density at radius 1 is 1.22 bits per heavy atom. The Morgan fingerprint density at radius 2 is 1.89 bits per heavy atom. The van der Waals surface area contributed by atoms with Crippen LogP contribution in [-0.4, -0.2) is 5.91 Å². The molecular formula is C13H12ClFN2O. The number of nitrogens with zero attached hydrogens (tertiary/aromatic N) is 1. The summed E-state index contributed by atoms with van der Waals surface area (Å²) in [6, 6.07) is 11.1. The second-order valence-corrected chi connectivity index (χ2v) is 4.19. The maximum absolute atomic E-state index is 11.0. The van der Waals surface area contributed by atoms with Crippen LogP contribution in [0.3, 0.4) is 0 Å². The van der Waals surface area contributed by atoms with Crippen molar-refractivity contribution in [3.63, 3.8) is 0 Å². The Bertz CT molecular complexity index is 543. The number of primary amides is 1. The van der Waals surface area contributed by atoms with Crippen LogP contribution in [0.25, 0.3) is 0 Å². The van der Waals surface area contributed by atoms with Crippen molar-refractivity contribution in [3.05, 3.63) is 64.9 Å². The Labute approximate surface area is 109 Å². The van der Waals surface area contributed by atoms with Gasteiger partial charge in [-0.15, -0.1) is 0 Å². The highest BCUT2D eigenvalue weighted by atomic mass is 35.5. The lowest BCUT2D eigenvalue weighted by molar-refractivity contribution is -0.688. The number of hydrogen-bond acceptors (Lipinski definition) is 1. The van der Waals surface area contributed by atoms with Crippen LogP contribution in [0.2, 0.25) is 5.02 Å². The van der Waals surface area contributed by atoms with Gasteiger partial charge in [0.15, 0.2) is 18.9 Å². The lowest BCUT2D eigenvalue weighted by Crippen LogP contribution is -3.00. The van der Waals surface area contributed by atoms with E-state index in [-0.39, 0.29) is 4.70 Å². The van der Waals surface area contributed by atoms with E-state index in [0.717, 1.165) is 5.56 Å². The van der Waals surface area contributed by atoms with Crippen LogP contribution in [0.4, 0.5) is 0 Å². The number of carbonyl (C=O) groups excluding carboxylic acids is 1. The van der Waals surface area contributed by atoms with Gasteiger partial charge < -0.3 is 10.4 Å². The molecule has 2 N–H and O–H groups in total. The van der Waals surface area contributed by atoms with E-state index in [0.29, 0.717) is 17.1 Å². The minimum absolute atomic E-state index is 0. The number of carbonyl (C=O) groups is 1. The van der Waals surface area contributed by atoms with Crippen molar-refractivity contribution in [2.24, 2.45) is 5.73 Å². The average Bonchev–Trinajstić information content (AvgIpc) is 2.32. The Morgan fingerprint density at radius 3 is 2.50 bits per heavy atom. The van der Waals surface area contributed by atoms with Gasteiger partial charge in [-0.05, 0) is 18.2 Å². The monoisotopic (exact) mass is 266 g/mol. The fraction of sp³-hybridized carbons (Fsp3) is 0.0769. The predicted octanol–water partition coefficient (Wildman–Crippen LogP) is -1.22. The predicted molar refractivity (Wildman–Crippen MR) is 65.7 cm³/mol.